The number of nitrogens with two attached hydrogens (primary N) is 1. The number of hydrogen-bond acceptors (Lipinski definition) is 3. The fourth-order valence-electron chi connectivity index (χ4n) is 1.35. The van der Waals surface area contributed by atoms with Crippen LogP contribution in [0.1, 0.15) is 19.4 Å². The zero-order valence-electron chi connectivity index (χ0n) is 8.66. The van der Waals surface area contributed by atoms with E-state index in [1.54, 1.807) is 6.07 Å². The summed E-state index contributed by atoms with van der Waals surface area (Å²) in [6, 6.07) is 5.52. The Morgan fingerprint density at radius 2 is 2.21 bits per heavy atom. The number of phenols is 1. The van der Waals surface area contributed by atoms with Crippen molar-refractivity contribution < 1.29 is 9.84 Å². The summed E-state index contributed by atoms with van der Waals surface area (Å²) in [6.45, 7) is 4.35. The molecule has 78 valence electrons. The minimum atomic E-state index is 0.0396. The fourth-order valence-corrected chi connectivity index (χ4v) is 1.35. The lowest BCUT2D eigenvalue weighted by molar-refractivity contribution is 0.316. The van der Waals surface area contributed by atoms with Gasteiger partial charge >= 0.3 is 0 Å². The lowest BCUT2D eigenvalue weighted by atomic mass is 10.1. The van der Waals surface area contributed by atoms with Crippen molar-refractivity contribution in [3.05, 3.63) is 23.8 Å². The van der Waals surface area contributed by atoms with Gasteiger partial charge in [0.1, 0.15) is 0 Å². The van der Waals surface area contributed by atoms with E-state index in [9.17, 15) is 5.11 Å². The summed E-state index contributed by atoms with van der Waals surface area (Å²) in [5.41, 5.74) is 6.50. The Hall–Kier alpha value is -1.22. The molecule has 3 N–H and O–H groups in total. The Labute approximate surface area is 84.5 Å². The summed E-state index contributed by atoms with van der Waals surface area (Å²) in [6.07, 6.45) is 0.659. The van der Waals surface area contributed by atoms with E-state index in [-0.39, 0.29) is 11.8 Å². The van der Waals surface area contributed by atoms with Crippen LogP contribution in [0.4, 0.5) is 0 Å². The quantitative estimate of drug-likeness (QED) is 0.768. The molecule has 0 saturated carbocycles. The average molecular weight is 195 g/mol. The van der Waals surface area contributed by atoms with E-state index in [2.05, 4.69) is 0 Å². The standard InChI is InChI=1S/C11H17NO2/c1-3-14-10-6-4-5-9(11(10)13)7-8(2)12/h4-6,8,13H,3,7,12H2,1-2H3/t8-/m0/s1. The van der Waals surface area contributed by atoms with Gasteiger partial charge in [-0.15, -0.1) is 0 Å². The van der Waals surface area contributed by atoms with E-state index in [1.165, 1.54) is 0 Å². The first-order valence-electron chi connectivity index (χ1n) is 4.84. The highest BCUT2D eigenvalue weighted by atomic mass is 16.5. The minimum Gasteiger partial charge on any atom is -0.504 e. The van der Waals surface area contributed by atoms with Crippen LogP contribution < -0.4 is 10.5 Å². The second-order valence-corrected chi connectivity index (χ2v) is 3.38. The number of hydrogen-bond donors (Lipinski definition) is 2. The number of benzene rings is 1. The van der Waals surface area contributed by atoms with Gasteiger partial charge in [0.05, 0.1) is 6.61 Å². The van der Waals surface area contributed by atoms with Crippen molar-refractivity contribution in [1.82, 2.24) is 0 Å². The molecule has 3 nitrogen and oxygen atoms in total. The van der Waals surface area contributed by atoms with E-state index in [1.807, 2.05) is 26.0 Å². The van der Waals surface area contributed by atoms with E-state index in [0.29, 0.717) is 18.8 Å². The van der Waals surface area contributed by atoms with Crippen LogP contribution in [-0.4, -0.2) is 17.8 Å². The summed E-state index contributed by atoms with van der Waals surface area (Å²) >= 11 is 0. The van der Waals surface area contributed by atoms with Gasteiger partial charge < -0.3 is 15.6 Å². The molecular formula is C11H17NO2. The molecule has 0 heterocycles. The number of aromatic hydroxyl groups is 1. The molecule has 0 fully saturated rings. The maximum absolute atomic E-state index is 9.79. The lowest BCUT2D eigenvalue weighted by Gasteiger charge is -2.11. The zero-order chi connectivity index (χ0) is 10.6. The van der Waals surface area contributed by atoms with Gasteiger partial charge in [0.15, 0.2) is 11.5 Å². The molecule has 0 saturated heterocycles. The molecule has 1 atom stereocenters. The molecule has 0 bridgehead atoms. The molecule has 1 aromatic rings. The van der Waals surface area contributed by atoms with E-state index < -0.39 is 0 Å². The Morgan fingerprint density at radius 3 is 2.79 bits per heavy atom. The molecule has 0 aromatic heterocycles. The van der Waals surface area contributed by atoms with Crippen LogP contribution in [0.5, 0.6) is 11.5 Å². The predicted octanol–water partition coefficient (Wildman–Crippen LogP) is 1.68. The van der Waals surface area contributed by atoms with Crippen LogP contribution in [0.25, 0.3) is 0 Å². The van der Waals surface area contributed by atoms with Crippen molar-refractivity contribution in [2.24, 2.45) is 5.73 Å². The van der Waals surface area contributed by atoms with Crippen molar-refractivity contribution in [3.63, 3.8) is 0 Å². The van der Waals surface area contributed by atoms with E-state index in [4.69, 9.17) is 10.5 Å². The van der Waals surface area contributed by atoms with Crippen LogP contribution in [-0.2, 0) is 6.42 Å². The number of phenolic OH excluding ortho intramolecular Hbond substituents is 1. The molecular weight excluding hydrogens is 178 g/mol. The number of ether oxygens (including phenoxy) is 1. The molecule has 0 radical (unpaired) electrons. The molecule has 0 aliphatic carbocycles. The maximum Gasteiger partial charge on any atom is 0.161 e. The molecule has 1 rings (SSSR count). The van der Waals surface area contributed by atoms with Crippen molar-refractivity contribution >= 4 is 0 Å². The van der Waals surface area contributed by atoms with Crippen molar-refractivity contribution in [2.45, 2.75) is 26.3 Å². The molecule has 1 aromatic carbocycles. The van der Waals surface area contributed by atoms with Gasteiger partial charge in [-0.3, -0.25) is 0 Å². The molecule has 0 unspecified atom stereocenters. The number of para-hydroxylation sites is 1. The van der Waals surface area contributed by atoms with E-state index >= 15 is 0 Å². The van der Waals surface area contributed by atoms with Gasteiger partial charge in [-0.05, 0) is 31.9 Å². The molecule has 0 amide bonds. The van der Waals surface area contributed by atoms with Crippen LogP contribution in [0.15, 0.2) is 18.2 Å². The fraction of sp³-hybridized carbons (Fsp3) is 0.455. The van der Waals surface area contributed by atoms with Crippen LogP contribution >= 0.6 is 0 Å². The highest BCUT2D eigenvalue weighted by Gasteiger charge is 2.08. The topological polar surface area (TPSA) is 55.5 Å². The summed E-state index contributed by atoms with van der Waals surface area (Å²) in [4.78, 5) is 0. The summed E-state index contributed by atoms with van der Waals surface area (Å²) < 4.78 is 5.27. The second-order valence-electron chi connectivity index (χ2n) is 3.38. The van der Waals surface area contributed by atoms with Gasteiger partial charge in [-0.2, -0.15) is 0 Å². The average Bonchev–Trinajstić information content (AvgIpc) is 2.11. The highest BCUT2D eigenvalue weighted by Crippen LogP contribution is 2.30. The third-order valence-electron chi connectivity index (χ3n) is 1.92. The van der Waals surface area contributed by atoms with Gasteiger partial charge in [-0.25, -0.2) is 0 Å². The Kier molecular flexibility index (Phi) is 3.77. The van der Waals surface area contributed by atoms with Crippen LogP contribution in [0, 0.1) is 0 Å². The first-order chi connectivity index (χ1) is 6.65. The van der Waals surface area contributed by atoms with Crippen molar-refractivity contribution in [1.29, 1.82) is 0 Å². The third-order valence-corrected chi connectivity index (χ3v) is 1.92. The van der Waals surface area contributed by atoms with Crippen molar-refractivity contribution in [3.8, 4) is 11.5 Å². The molecule has 14 heavy (non-hydrogen) atoms. The SMILES string of the molecule is CCOc1cccc(C[C@H](C)N)c1O. The van der Waals surface area contributed by atoms with Crippen molar-refractivity contribution in [2.75, 3.05) is 6.61 Å². The molecule has 0 aliphatic heterocycles. The first kappa shape index (κ1) is 10.9. The van der Waals surface area contributed by atoms with Crippen LogP contribution in [0.3, 0.4) is 0 Å². The Morgan fingerprint density at radius 1 is 1.50 bits per heavy atom. The van der Waals surface area contributed by atoms with Gasteiger partial charge in [0, 0.05) is 6.04 Å². The normalized spacial score (nSPS) is 12.5. The largest absolute Gasteiger partial charge is 0.504 e. The molecule has 3 heteroatoms. The monoisotopic (exact) mass is 195 g/mol. The van der Waals surface area contributed by atoms with Gasteiger partial charge in [-0.1, -0.05) is 12.1 Å². The molecule has 0 spiro atoms. The smallest absolute Gasteiger partial charge is 0.161 e. The third kappa shape index (κ3) is 2.64. The Balaban J connectivity index is 2.89. The Bertz CT molecular complexity index is 297. The maximum atomic E-state index is 9.79. The van der Waals surface area contributed by atoms with Crippen LogP contribution in [0.2, 0.25) is 0 Å². The summed E-state index contributed by atoms with van der Waals surface area (Å²) in [7, 11) is 0. The number of rotatable bonds is 4. The summed E-state index contributed by atoms with van der Waals surface area (Å²) in [5.74, 6) is 0.748. The zero-order valence-corrected chi connectivity index (χ0v) is 8.66. The lowest BCUT2D eigenvalue weighted by Crippen LogP contribution is -2.17. The first-order valence-corrected chi connectivity index (χ1v) is 4.84. The second kappa shape index (κ2) is 4.86. The minimum absolute atomic E-state index is 0.0396. The van der Waals surface area contributed by atoms with E-state index in [0.717, 1.165) is 5.56 Å². The van der Waals surface area contributed by atoms with Gasteiger partial charge in [0.25, 0.3) is 0 Å². The predicted molar refractivity (Wildman–Crippen MR) is 56.6 cm³/mol. The highest BCUT2D eigenvalue weighted by molar-refractivity contribution is 5.45. The van der Waals surface area contributed by atoms with Gasteiger partial charge in [0.2, 0.25) is 0 Å². The summed E-state index contributed by atoms with van der Waals surface area (Å²) in [5, 5.41) is 9.79. The molecule has 0 aliphatic rings.